The normalized spacial score (nSPS) is 12.0. The molecular weight excluding hydrogens is 360 g/mol. The third-order valence-electron chi connectivity index (χ3n) is 4.99. The van der Waals surface area contributed by atoms with E-state index in [1.54, 1.807) is 0 Å². The molecule has 0 atom stereocenters. The second-order valence-electron chi connectivity index (χ2n) is 7.02. The Kier molecular flexibility index (Phi) is 5.27. The zero-order valence-corrected chi connectivity index (χ0v) is 17.4. The van der Waals surface area contributed by atoms with E-state index in [1.165, 1.54) is 37.2 Å². The molecular formula is C25H25N2S+. The molecule has 0 fully saturated rings. The average Bonchev–Trinajstić information content (AvgIpc) is 3.09. The maximum absolute atomic E-state index is 2.39. The standard InChI is InChI=1S/C25H25N2S/c1-4-27-23-18-15-20-10-6-7-11-22(20)25(23)28-24(27)12-8-5-9-19-13-16-21(17-14-19)26(2)3/h5-18H,4H2,1-3H3/q+1. The van der Waals surface area contributed by atoms with E-state index >= 15 is 0 Å². The summed E-state index contributed by atoms with van der Waals surface area (Å²) >= 11 is 1.87. The molecule has 1 aromatic heterocycles. The highest BCUT2D eigenvalue weighted by atomic mass is 32.1. The molecule has 140 valence electrons. The molecule has 4 rings (SSSR count). The van der Waals surface area contributed by atoms with Crippen molar-refractivity contribution in [1.82, 2.24) is 0 Å². The van der Waals surface area contributed by atoms with Crippen molar-refractivity contribution in [3.63, 3.8) is 0 Å². The Morgan fingerprint density at radius 3 is 2.39 bits per heavy atom. The lowest BCUT2D eigenvalue weighted by Crippen LogP contribution is -2.33. The molecule has 0 saturated carbocycles. The molecule has 0 unspecified atom stereocenters. The van der Waals surface area contributed by atoms with E-state index in [0.29, 0.717) is 0 Å². The summed E-state index contributed by atoms with van der Waals surface area (Å²) in [6.45, 7) is 3.18. The SMILES string of the molecule is CC[n+]1c(/C=C/C=C/c2ccc(N(C)C)cc2)sc2c3ccccc3ccc21. The molecule has 28 heavy (non-hydrogen) atoms. The van der Waals surface area contributed by atoms with Crippen LogP contribution in [-0.2, 0) is 6.54 Å². The molecule has 3 aromatic carbocycles. The van der Waals surface area contributed by atoms with Gasteiger partial charge >= 0.3 is 0 Å². The first-order valence-corrected chi connectivity index (χ1v) is 10.5. The lowest BCUT2D eigenvalue weighted by Gasteiger charge is -2.11. The second-order valence-corrected chi connectivity index (χ2v) is 8.05. The van der Waals surface area contributed by atoms with Crippen LogP contribution in [0.4, 0.5) is 5.69 Å². The number of hydrogen-bond acceptors (Lipinski definition) is 2. The minimum atomic E-state index is 0.966. The van der Waals surface area contributed by atoms with E-state index in [-0.39, 0.29) is 0 Å². The molecule has 3 heteroatoms. The van der Waals surface area contributed by atoms with Gasteiger partial charge in [-0.25, -0.2) is 0 Å². The molecule has 0 amide bonds. The molecule has 0 N–H and O–H groups in total. The van der Waals surface area contributed by atoms with E-state index < -0.39 is 0 Å². The van der Waals surface area contributed by atoms with Gasteiger partial charge in [-0.15, -0.1) is 0 Å². The van der Waals surface area contributed by atoms with Gasteiger partial charge in [0.2, 0.25) is 5.52 Å². The predicted molar refractivity (Wildman–Crippen MR) is 124 cm³/mol. The highest BCUT2D eigenvalue weighted by Crippen LogP contribution is 2.29. The minimum Gasteiger partial charge on any atom is -0.378 e. The van der Waals surface area contributed by atoms with Crippen LogP contribution >= 0.6 is 11.3 Å². The number of aryl methyl sites for hydroxylation is 1. The van der Waals surface area contributed by atoms with E-state index in [4.69, 9.17) is 0 Å². The van der Waals surface area contributed by atoms with Gasteiger partial charge < -0.3 is 4.90 Å². The zero-order valence-electron chi connectivity index (χ0n) is 16.6. The number of nitrogens with zero attached hydrogens (tertiary/aromatic N) is 2. The third kappa shape index (κ3) is 3.58. The Morgan fingerprint density at radius 1 is 0.893 bits per heavy atom. The lowest BCUT2D eigenvalue weighted by molar-refractivity contribution is -0.665. The number of thiazole rings is 1. The maximum atomic E-state index is 2.39. The van der Waals surface area contributed by atoms with Gasteiger partial charge in [-0.2, -0.15) is 4.57 Å². The number of benzene rings is 3. The summed E-state index contributed by atoms with van der Waals surface area (Å²) < 4.78 is 3.76. The molecule has 0 spiro atoms. The van der Waals surface area contributed by atoms with Crippen LogP contribution < -0.4 is 9.47 Å². The second kappa shape index (κ2) is 7.99. The van der Waals surface area contributed by atoms with Crippen molar-refractivity contribution in [2.75, 3.05) is 19.0 Å². The molecule has 0 bridgehead atoms. The molecule has 0 aliphatic carbocycles. The fraction of sp³-hybridized carbons (Fsp3) is 0.160. The minimum absolute atomic E-state index is 0.966. The summed E-state index contributed by atoms with van der Waals surface area (Å²) in [5.74, 6) is 0. The quantitative estimate of drug-likeness (QED) is 0.295. The van der Waals surface area contributed by atoms with Crippen molar-refractivity contribution in [2.45, 2.75) is 13.5 Å². The Hall–Kier alpha value is -2.91. The zero-order chi connectivity index (χ0) is 19.5. The number of aromatic nitrogens is 1. The predicted octanol–water partition coefficient (Wildman–Crippen LogP) is 6.15. The molecule has 2 nitrogen and oxygen atoms in total. The molecule has 1 heterocycles. The summed E-state index contributed by atoms with van der Waals surface area (Å²) in [5.41, 5.74) is 3.74. The van der Waals surface area contributed by atoms with Crippen LogP contribution in [0.15, 0.2) is 72.8 Å². The van der Waals surface area contributed by atoms with Gasteiger partial charge in [0.15, 0.2) is 0 Å². The van der Waals surface area contributed by atoms with Gasteiger partial charge in [0, 0.05) is 37.3 Å². The number of allylic oxidation sites excluding steroid dienone is 2. The fourth-order valence-corrected chi connectivity index (χ4v) is 4.74. The largest absolute Gasteiger partial charge is 0.378 e. The van der Waals surface area contributed by atoms with Gasteiger partial charge in [0.25, 0.3) is 5.01 Å². The maximum Gasteiger partial charge on any atom is 0.262 e. The summed E-state index contributed by atoms with van der Waals surface area (Å²) in [5, 5.41) is 3.92. The van der Waals surface area contributed by atoms with Gasteiger partial charge in [0.05, 0.1) is 0 Å². The Balaban J connectivity index is 1.62. The first kappa shape index (κ1) is 18.5. The van der Waals surface area contributed by atoms with Crippen molar-refractivity contribution in [2.24, 2.45) is 0 Å². The Morgan fingerprint density at radius 2 is 1.64 bits per heavy atom. The molecule has 0 aliphatic heterocycles. The van der Waals surface area contributed by atoms with Crippen LogP contribution in [0.1, 0.15) is 17.5 Å². The molecule has 0 saturated heterocycles. The van der Waals surface area contributed by atoms with Crippen LogP contribution in [0, 0.1) is 0 Å². The molecule has 4 aromatic rings. The van der Waals surface area contributed by atoms with Crippen molar-refractivity contribution < 1.29 is 4.57 Å². The van der Waals surface area contributed by atoms with E-state index in [9.17, 15) is 0 Å². The molecule has 0 radical (unpaired) electrons. The van der Waals surface area contributed by atoms with E-state index in [0.717, 1.165) is 6.54 Å². The van der Waals surface area contributed by atoms with Gasteiger partial charge in [-0.1, -0.05) is 66.0 Å². The number of rotatable bonds is 5. The number of hydrogen-bond donors (Lipinski definition) is 0. The Bertz CT molecular complexity index is 1160. The highest BCUT2D eigenvalue weighted by Gasteiger charge is 2.18. The van der Waals surface area contributed by atoms with Gasteiger partial charge in [0.1, 0.15) is 11.2 Å². The topological polar surface area (TPSA) is 7.12 Å². The highest BCUT2D eigenvalue weighted by molar-refractivity contribution is 7.19. The van der Waals surface area contributed by atoms with E-state index in [2.05, 4.69) is 115 Å². The summed E-state index contributed by atoms with van der Waals surface area (Å²) in [7, 11) is 4.12. The van der Waals surface area contributed by atoms with Crippen molar-refractivity contribution >= 4 is 50.2 Å². The summed E-state index contributed by atoms with van der Waals surface area (Å²) in [6, 6.07) is 21.7. The van der Waals surface area contributed by atoms with Gasteiger partial charge in [-0.05, 0) is 36.1 Å². The number of anilines is 1. The summed E-state index contributed by atoms with van der Waals surface area (Å²) in [4.78, 5) is 2.11. The van der Waals surface area contributed by atoms with Crippen LogP contribution in [0.2, 0.25) is 0 Å². The fourth-order valence-electron chi connectivity index (χ4n) is 3.47. The van der Waals surface area contributed by atoms with Crippen molar-refractivity contribution in [1.29, 1.82) is 0 Å². The van der Waals surface area contributed by atoms with Crippen LogP contribution in [0.3, 0.4) is 0 Å². The monoisotopic (exact) mass is 385 g/mol. The number of fused-ring (bicyclic) bond motifs is 3. The smallest absolute Gasteiger partial charge is 0.262 e. The van der Waals surface area contributed by atoms with Crippen molar-refractivity contribution in [3.05, 3.63) is 83.4 Å². The Labute approximate surface area is 170 Å². The van der Waals surface area contributed by atoms with E-state index in [1.807, 2.05) is 11.3 Å². The first-order chi connectivity index (χ1) is 13.7. The van der Waals surface area contributed by atoms with Crippen LogP contribution in [0.25, 0.3) is 33.1 Å². The van der Waals surface area contributed by atoms with Crippen LogP contribution in [-0.4, -0.2) is 14.1 Å². The van der Waals surface area contributed by atoms with Crippen molar-refractivity contribution in [3.8, 4) is 0 Å². The average molecular weight is 386 g/mol. The summed E-state index contributed by atoms with van der Waals surface area (Å²) in [6.07, 6.45) is 8.62. The first-order valence-electron chi connectivity index (χ1n) is 9.63. The molecule has 0 aliphatic rings. The third-order valence-corrected chi connectivity index (χ3v) is 6.19. The lowest BCUT2D eigenvalue weighted by atomic mass is 10.1. The van der Waals surface area contributed by atoms with Crippen LogP contribution in [0.5, 0.6) is 0 Å². The van der Waals surface area contributed by atoms with Gasteiger partial charge in [-0.3, -0.25) is 0 Å².